The molecule has 0 aliphatic rings. The van der Waals surface area contributed by atoms with Gasteiger partial charge in [-0.15, -0.1) is 0 Å². The minimum atomic E-state index is -3.87. The van der Waals surface area contributed by atoms with Crippen molar-refractivity contribution in [2.45, 2.75) is 64.7 Å². The summed E-state index contributed by atoms with van der Waals surface area (Å²) in [4.78, 5) is 12.0. The summed E-state index contributed by atoms with van der Waals surface area (Å²) < 4.78 is 35.1. The van der Waals surface area contributed by atoms with Crippen molar-refractivity contribution in [1.82, 2.24) is 0 Å². The third kappa shape index (κ3) is 11.7. The number of esters is 1. The fourth-order valence-electron chi connectivity index (χ4n) is 3.53. The predicted molar refractivity (Wildman–Crippen MR) is 138 cm³/mol. The summed E-state index contributed by atoms with van der Waals surface area (Å²) in [5.74, 6) is -0.594. The monoisotopic (exact) mass is 497 g/mol. The van der Waals surface area contributed by atoms with Crippen LogP contribution in [0.1, 0.15) is 75.0 Å². The maximum absolute atomic E-state index is 12.4. The number of rotatable bonds is 16. The molecule has 2 aromatic carbocycles. The topological polar surface area (TPSA) is 93.5 Å². The molecule has 0 fully saturated rings. The number of hydrogen-bond donors (Lipinski definition) is 0. The Bertz CT molecular complexity index is 1100. The number of carbonyl (C=O) groups is 1. The number of carbonyl (C=O) groups excluding carboxylic acids is 1. The van der Waals surface area contributed by atoms with Crippen LogP contribution in [0.15, 0.2) is 54.6 Å². The van der Waals surface area contributed by atoms with Crippen molar-refractivity contribution < 1.29 is 22.1 Å². The van der Waals surface area contributed by atoms with Gasteiger partial charge < -0.3 is 8.92 Å². The van der Waals surface area contributed by atoms with E-state index >= 15 is 0 Å². The molecule has 0 aliphatic heterocycles. The number of hydrogen-bond acceptors (Lipinski definition) is 6. The second-order valence-electron chi connectivity index (χ2n) is 8.42. The van der Waals surface area contributed by atoms with Crippen LogP contribution in [-0.4, -0.2) is 26.7 Å². The fraction of sp³-hybridized carbons (Fsp3) is 0.429. The molecule has 6 nitrogen and oxygen atoms in total. The van der Waals surface area contributed by atoms with E-state index < -0.39 is 10.1 Å². The lowest BCUT2D eigenvalue weighted by Gasteiger charge is -2.08. The molecule has 0 atom stereocenters. The molecule has 2 rings (SSSR count). The Balaban J connectivity index is 1.74. The van der Waals surface area contributed by atoms with E-state index in [0.29, 0.717) is 6.61 Å². The van der Waals surface area contributed by atoms with Crippen LogP contribution in [-0.2, 0) is 26.1 Å². The number of unbranched alkanes of at least 4 members (excludes halogenated alkanes) is 7. The molecule has 0 N–H and O–H groups in total. The van der Waals surface area contributed by atoms with Crippen LogP contribution in [0.5, 0.6) is 5.75 Å². The van der Waals surface area contributed by atoms with Gasteiger partial charge in [0.1, 0.15) is 6.07 Å². The summed E-state index contributed by atoms with van der Waals surface area (Å²) >= 11 is 0. The van der Waals surface area contributed by atoms with Gasteiger partial charge in [-0.1, -0.05) is 88.3 Å². The summed E-state index contributed by atoms with van der Waals surface area (Å²) in [6.07, 6.45) is 12.8. The molecule has 0 unspecified atom stereocenters. The van der Waals surface area contributed by atoms with Crippen molar-refractivity contribution in [3.8, 4) is 11.8 Å². The van der Waals surface area contributed by atoms with Crippen molar-refractivity contribution in [1.29, 1.82) is 5.26 Å². The Morgan fingerprint density at radius 3 is 2.43 bits per heavy atom. The summed E-state index contributed by atoms with van der Waals surface area (Å²) in [5.41, 5.74) is 1.73. The number of ether oxygens (including phenoxy) is 1. The molecule has 7 heteroatoms. The van der Waals surface area contributed by atoms with Crippen LogP contribution in [0.4, 0.5) is 0 Å². The Kier molecular flexibility index (Phi) is 12.6. The second kappa shape index (κ2) is 15.7. The van der Waals surface area contributed by atoms with Gasteiger partial charge in [0.25, 0.3) is 0 Å². The quantitative estimate of drug-likeness (QED) is 0.118. The SMILES string of the molecule is CCCCCCCCCCOC(=O)/C=C/c1cccc(CCS(=O)(=O)Oc2ccccc2C#N)c1. The normalized spacial score (nSPS) is 11.3. The van der Waals surface area contributed by atoms with Crippen molar-refractivity contribution in [3.63, 3.8) is 0 Å². The highest BCUT2D eigenvalue weighted by molar-refractivity contribution is 7.87. The van der Waals surface area contributed by atoms with E-state index in [0.717, 1.165) is 24.0 Å². The highest BCUT2D eigenvalue weighted by Gasteiger charge is 2.15. The Hall–Kier alpha value is -3.11. The fourth-order valence-corrected chi connectivity index (χ4v) is 4.51. The van der Waals surface area contributed by atoms with E-state index in [9.17, 15) is 13.2 Å². The van der Waals surface area contributed by atoms with Gasteiger partial charge in [0, 0.05) is 6.08 Å². The Morgan fingerprint density at radius 1 is 0.971 bits per heavy atom. The molecule has 0 saturated carbocycles. The van der Waals surface area contributed by atoms with Crippen molar-refractivity contribution in [3.05, 3.63) is 71.3 Å². The van der Waals surface area contributed by atoms with Crippen molar-refractivity contribution in [2.75, 3.05) is 12.4 Å². The lowest BCUT2D eigenvalue weighted by molar-refractivity contribution is -0.137. The summed E-state index contributed by atoms with van der Waals surface area (Å²) in [7, 11) is -3.87. The van der Waals surface area contributed by atoms with Crippen LogP contribution < -0.4 is 4.18 Å². The average Bonchev–Trinajstić information content (AvgIpc) is 2.86. The smallest absolute Gasteiger partial charge is 0.330 e. The molecule has 0 spiro atoms. The highest BCUT2D eigenvalue weighted by atomic mass is 32.2. The van der Waals surface area contributed by atoms with Gasteiger partial charge in [0.05, 0.1) is 17.9 Å². The molecule has 35 heavy (non-hydrogen) atoms. The number of nitrogens with zero attached hydrogens (tertiary/aromatic N) is 1. The first-order chi connectivity index (χ1) is 16.9. The molecule has 0 radical (unpaired) electrons. The molecule has 188 valence electrons. The number of benzene rings is 2. The lowest BCUT2D eigenvalue weighted by atomic mass is 10.1. The zero-order valence-electron chi connectivity index (χ0n) is 20.4. The first-order valence-electron chi connectivity index (χ1n) is 12.3. The van der Waals surface area contributed by atoms with Crippen LogP contribution in [0.2, 0.25) is 0 Å². The Labute approximate surface area is 209 Å². The Morgan fingerprint density at radius 2 is 1.69 bits per heavy atom. The van der Waals surface area contributed by atoms with Gasteiger partial charge in [0.15, 0.2) is 5.75 Å². The molecule has 0 bridgehead atoms. The zero-order valence-corrected chi connectivity index (χ0v) is 21.3. The lowest BCUT2D eigenvalue weighted by Crippen LogP contribution is -2.16. The van der Waals surface area contributed by atoms with Gasteiger partial charge in [-0.25, -0.2) is 4.79 Å². The van der Waals surface area contributed by atoms with Gasteiger partial charge in [-0.3, -0.25) is 0 Å². The first kappa shape index (κ1) is 28.1. The van der Waals surface area contributed by atoms with Crippen molar-refractivity contribution >= 4 is 22.2 Å². The van der Waals surface area contributed by atoms with E-state index in [1.54, 1.807) is 24.3 Å². The molecule has 2 aromatic rings. The van der Waals surface area contributed by atoms with Crippen LogP contribution in [0.3, 0.4) is 0 Å². The van der Waals surface area contributed by atoms with E-state index in [4.69, 9.17) is 14.2 Å². The van der Waals surface area contributed by atoms with Gasteiger partial charge in [0.2, 0.25) is 0 Å². The predicted octanol–water partition coefficient (Wildman–Crippen LogP) is 6.21. The molecule has 0 aliphatic carbocycles. The molecular formula is C28H35NO5S. The molecular weight excluding hydrogens is 462 g/mol. The maximum atomic E-state index is 12.4. The molecule has 0 saturated heterocycles. The molecule has 0 heterocycles. The van der Waals surface area contributed by atoms with E-state index in [1.165, 1.54) is 56.7 Å². The maximum Gasteiger partial charge on any atom is 0.330 e. The third-order valence-electron chi connectivity index (χ3n) is 5.47. The van der Waals surface area contributed by atoms with Gasteiger partial charge in [-0.05, 0) is 42.2 Å². The van der Waals surface area contributed by atoms with Crippen LogP contribution in [0, 0.1) is 11.3 Å². The standard InChI is InChI=1S/C28H35NO5S/c1-2-3-4-5-6-7-8-11-20-33-28(30)18-17-24-13-12-14-25(22-24)19-21-35(31,32)34-27-16-10-9-15-26(27)23-29/h9-10,12-18,22H,2-8,11,19-21H2,1H3/b18-17+. The number of nitriles is 1. The minimum absolute atomic E-state index is 0.0252. The van der Waals surface area contributed by atoms with Crippen LogP contribution in [0.25, 0.3) is 6.08 Å². The highest BCUT2D eigenvalue weighted by Crippen LogP contribution is 2.19. The zero-order chi connectivity index (χ0) is 25.4. The largest absolute Gasteiger partial charge is 0.463 e. The third-order valence-corrected chi connectivity index (χ3v) is 6.61. The van der Waals surface area contributed by atoms with E-state index in [2.05, 4.69) is 6.92 Å². The minimum Gasteiger partial charge on any atom is -0.463 e. The number of aryl methyl sites for hydroxylation is 1. The van der Waals surface area contributed by atoms with Gasteiger partial charge in [-0.2, -0.15) is 13.7 Å². The summed E-state index contributed by atoms with van der Waals surface area (Å²) in [5, 5.41) is 9.09. The van der Waals surface area contributed by atoms with E-state index in [1.807, 2.05) is 24.3 Å². The van der Waals surface area contributed by atoms with Crippen LogP contribution >= 0.6 is 0 Å². The molecule has 0 aromatic heterocycles. The summed E-state index contributed by atoms with van der Waals surface area (Å²) in [6.45, 7) is 2.63. The first-order valence-corrected chi connectivity index (χ1v) is 13.9. The average molecular weight is 498 g/mol. The number of para-hydroxylation sites is 1. The second-order valence-corrected chi connectivity index (χ2v) is 10.1. The summed E-state index contributed by atoms with van der Waals surface area (Å²) in [6, 6.07) is 15.4. The van der Waals surface area contributed by atoms with Gasteiger partial charge >= 0.3 is 16.1 Å². The molecule has 0 amide bonds. The van der Waals surface area contributed by atoms with E-state index in [-0.39, 0.29) is 29.5 Å². The van der Waals surface area contributed by atoms with Crippen molar-refractivity contribution in [2.24, 2.45) is 0 Å².